The molecular formula is C8H13Cl2NTi. The van der Waals surface area contributed by atoms with Crippen LogP contribution in [0.2, 0.25) is 3.72 Å². The summed E-state index contributed by atoms with van der Waals surface area (Å²) in [5, 5.41) is 0. The maximum Gasteiger partial charge on any atom is -1.00 e. The van der Waals surface area contributed by atoms with Gasteiger partial charge in [0.2, 0.25) is 0 Å². The first-order valence-electron chi connectivity index (χ1n) is 3.49. The van der Waals surface area contributed by atoms with Gasteiger partial charge in [-0.05, 0) is 0 Å². The maximum atomic E-state index is 3.25. The van der Waals surface area contributed by atoms with Gasteiger partial charge in [-0.3, -0.25) is 0 Å². The molecule has 0 saturated carbocycles. The molecule has 12 heavy (non-hydrogen) atoms. The first-order valence-corrected chi connectivity index (χ1v) is 5.06. The van der Waals surface area contributed by atoms with Crippen molar-refractivity contribution in [1.82, 2.24) is 4.98 Å². The molecule has 0 saturated heterocycles. The first-order chi connectivity index (χ1) is 4.58. The number of aromatic amines is 1. The van der Waals surface area contributed by atoms with Crippen molar-refractivity contribution in [1.29, 1.82) is 0 Å². The Morgan fingerprint density at radius 3 is 2.17 bits per heavy atom. The fourth-order valence-electron chi connectivity index (χ4n) is 0.812. The Hall–Kier alpha value is 0.574. The van der Waals surface area contributed by atoms with Crippen LogP contribution in [0.4, 0.5) is 0 Å². The van der Waals surface area contributed by atoms with E-state index in [1.54, 1.807) is 0 Å². The van der Waals surface area contributed by atoms with E-state index in [1.807, 2.05) is 6.20 Å². The van der Waals surface area contributed by atoms with E-state index in [1.165, 1.54) is 4.00 Å². The largest absolute Gasteiger partial charge is 1.00 e. The van der Waals surface area contributed by atoms with E-state index in [-0.39, 0.29) is 44.0 Å². The minimum atomic E-state index is 0. The van der Waals surface area contributed by atoms with Crippen molar-refractivity contribution >= 4 is 4.00 Å². The molecule has 68 valence electrons. The van der Waals surface area contributed by atoms with Crippen LogP contribution in [0.15, 0.2) is 18.3 Å². The summed E-state index contributed by atoms with van der Waals surface area (Å²) >= 11 is 0.0347. The van der Waals surface area contributed by atoms with E-state index in [0.717, 1.165) is 0 Å². The van der Waals surface area contributed by atoms with Gasteiger partial charge in [-0.2, -0.15) is 0 Å². The second kappa shape index (κ2) is 6.09. The molecule has 0 atom stereocenters. The minimum Gasteiger partial charge on any atom is -1.00 e. The van der Waals surface area contributed by atoms with E-state index in [9.17, 15) is 0 Å². The molecule has 1 aromatic rings. The number of hydrogen-bond donors (Lipinski definition) is 1. The molecule has 4 heteroatoms. The number of hydrogen-bond acceptors (Lipinski definition) is 0. The Labute approximate surface area is 95.5 Å². The third-order valence-corrected chi connectivity index (χ3v) is 3.19. The van der Waals surface area contributed by atoms with E-state index in [2.05, 4.69) is 37.9 Å². The molecule has 0 fully saturated rings. The summed E-state index contributed by atoms with van der Waals surface area (Å²) in [7, 11) is 0. The molecule has 1 rings (SSSR count). The monoisotopic (exact) mass is 241 g/mol. The van der Waals surface area contributed by atoms with Crippen LogP contribution >= 0.6 is 0 Å². The van der Waals surface area contributed by atoms with E-state index < -0.39 is 0 Å². The van der Waals surface area contributed by atoms with Crippen molar-refractivity contribution < 1.29 is 44.0 Å². The van der Waals surface area contributed by atoms with Crippen molar-refractivity contribution in [3.63, 3.8) is 0 Å². The number of H-pyrrole nitrogens is 1. The third kappa shape index (κ3) is 6.13. The molecule has 0 spiro atoms. The maximum absolute atomic E-state index is 3.25. The van der Waals surface area contributed by atoms with Crippen molar-refractivity contribution in [2.45, 2.75) is 24.5 Å². The minimum absolute atomic E-state index is 0. The van der Waals surface area contributed by atoms with Crippen molar-refractivity contribution in [3.05, 3.63) is 18.3 Å². The Kier molecular flexibility index (Phi) is 7.65. The predicted molar refractivity (Wildman–Crippen MR) is 40.1 cm³/mol. The fourth-order valence-corrected chi connectivity index (χ4v) is 2.60. The Morgan fingerprint density at radius 2 is 1.83 bits per heavy atom. The van der Waals surface area contributed by atoms with Gasteiger partial charge in [0.15, 0.2) is 0 Å². The Morgan fingerprint density at radius 1 is 1.25 bits per heavy atom. The van der Waals surface area contributed by atoms with Crippen LogP contribution in [0.25, 0.3) is 0 Å². The summed E-state index contributed by atoms with van der Waals surface area (Å²) in [4.78, 5) is 3.25. The molecule has 0 amide bonds. The predicted octanol–water partition coefficient (Wildman–Crippen LogP) is -4.05. The molecule has 0 unspecified atom stereocenters. The molecule has 0 aromatic carbocycles. The van der Waals surface area contributed by atoms with E-state index in [0.29, 0.717) is 3.72 Å². The Balaban J connectivity index is 0. The van der Waals surface area contributed by atoms with Gasteiger partial charge in [0.25, 0.3) is 0 Å². The molecule has 0 aliphatic carbocycles. The number of rotatable bonds is 1. The Bertz CT molecular complexity index is 191. The molecule has 1 heterocycles. The number of nitrogens with one attached hydrogen (secondary N) is 1. The van der Waals surface area contributed by atoms with Crippen molar-refractivity contribution in [3.8, 4) is 0 Å². The van der Waals surface area contributed by atoms with Gasteiger partial charge >= 0.3 is 71.0 Å². The van der Waals surface area contributed by atoms with Crippen molar-refractivity contribution in [2.24, 2.45) is 0 Å². The third-order valence-electron chi connectivity index (χ3n) is 1.11. The van der Waals surface area contributed by atoms with Crippen molar-refractivity contribution in [2.75, 3.05) is 0 Å². The standard InChI is InChI=1S/C4H4N.C4H9.2ClH.Ti/c1-2-4-5-3-1;1-4(2)3;;;/h1-3,5H;1-3H3;2*1H;/q;;;;+2/p-2. The van der Waals surface area contributed by atoms with Crippen LogP contribution in [-0.4, -0.2) is 4.98 Å². The van der Waals surface area contributed by atoms with Crippen LogP contribution in [0, 0.1) is 0 Å². The van der Waals surface area contributed by atoms with E-state index >= 15 is 0 Å². The second-order valence-corrected chi connectivity index (χ2v) is 7.03. The molecule has 0 aliphatic heterocycles. The number of halogens is 2. The SMILES string of the molecule is C[C](C)(C)[Ti+2][c]1ccc[nH]1.[Cl-].[Cl-]. The summed E-state index contributed by atoms with van der Waals surface area (Å²) in [5.41, 5.74) is 0. The van der Waals surface area contributed by atoms with Gasteiger partial charge in [-0.25, -0.2) is 0 Å². The van der Waals surface area contributed by atoms with Gasteiger partial charge in [0.1, 0.15) is 0 Å². The van der Waals surface area contributed by atoms with Gasteiger partial charge in [0, 0.05) is 0 Å². The second-order valence-electron chi connectivity index (χ2n) is 3.46. The number of aromatic nitrogens is 1. The molecule has 0 radical (unpaired) electrons. The summed E-state index contributed by atoms with van der Waals surface area (Å²) in [6.07, 6.45) is 2.00. The summed E-state index contributed by atoms with van der Waals surface area (Å²) < 4.78 is 1.97. The summed E-state index contributed by atoms with van der Waals surface area (Å²) in [6, 6.07) is 4.26. The van der Waals surface area contributed by atoms with Gasteiger partial charge < -0.3 is 24.8 Å². The zero-order valence-electron chi connectivity index (χ0n) is 7.49. The molecule has 0 aliphatic rings. The zero-order valence-corrected chi connectivity index (χ0v) is 10.6. The first kappa shape index (κ1) is 15.1. The van der Waals surface area contributed by atoms with Crippen LogP contribution in [0.3, 0.4) is 0 Å². The van der Waals surface area contributed by atoms with Crippen LogP contribution < -0.4 is 28.8 Å². The quantitative estimate of drug-likeness (QED) is 0.482. The molecule has 1 N–H and O–H groups in total. The zero-order chi connectivity index (χ0) is 7.61. The molecule has 0 bridgehead atoms. The average molecular weight is 242 g/mol. The molecule has 1 nitrogen and oxygen atoms in total. The average Bonchev–Trinajstić information content (AvgIpc) is 2.12. The smallest absolute Gasteiger partial charge is 1.00 e. The van der Waals surface area contributed by atoms with Crippen LogP contribution in [0.5, 0.6) is 0 Å². The van der Waals surface area contributed by atoms with Crippen LogP contribution in [-0.2, 0) is 19.2 Å². The van der Waals surface area contributed by atoms with Crippen LogP contribution in [0.1, 0.15) is 20.8 Å². The normalized spacial score (nSPS) is 9.25. The van der Waals surface area contributed by atoms with E-state index in [4.69, 9.17) is 0 Å². The van der Waals surface area contributed by atoms with Gasteiger partial charge in [0.05, 0.1) is 0 Å². The summed E-state index contributed by atoms with van der Waals surface area (Å²) in [6.45, 7) is 6.90. The fraction of sp³-hybridized carbons (Fsp3) is 0.500. The van der Waals surface area contributed by atoms with Gasteiger partial charge in [-0.1, -0.05) is 0 Å². The summed E-state index contributed by atoms with van der Waals surface area (Å²) in [5.74, 6) is 0. The van der Waals surface area contributed by atoms with Gasteiger partial charge in [-0.15, -0.1) is 0 Å². The topological polar surface area (TPSA) is 15.8 Å². The molecule has 1 aromatic heterocycles. The molecular weight excluding hydrogens is 229 g/mol.